The second-order valence-corrected chi connectivity index (χ2v) is 5.87. The predicted octanol–water partition coefficient (Wildman–Crippen LogP) is 3.05. The van der Waals surface area contributed by atoms with Gasteiger partial charge in [0.15, 0.2) is 0 Å². The van der Waals surface area contributed by atoms with Gasteiger partial charge in [-0.2, -0.15) is 0 Å². The highest BCUT2D eigenvalue weighted by atomic mass is 15.3. The summed E-state index contributed by atoms with van der Waals surface area (Å²) in [5.74, 6) is 0. The van der Waals surface area contributed by atoms with Crippen molar-refractivity contribution in [1.29, 1.82) is 0 Å². The molecule has 1 saturated carbocycles. The first kappa shape index (κ1) is 9.51. The Morgan fingerprint density at radius 3 is 2.08 bits per heavy atom. The van der Waals surface area contributed by atoms with Gasteiger partial charge in [-0.15, -0.1) is 0 Å². The third-order valence-electron chi connectivity index (χ3n) is 3.69. The molecule has 0 amide bonds. The molecule has 76 valence electrons. The van der Waals surface area contributed by atoms with E-state index >= 15 is 0 Å². The van der Waals surface area contributed by atoms with Crippen LogP contribution >= 0.6 is 0 Å². The third-order valence-corrected chi connectivity index (χ3v) is 3.69. The number of hydrogen-bond donors (Lipinski definition) is 0. The van der Waals surface area contributed by atoms with Gasteiger partial charge in [0.2, 0.25) is 0 Å². The highest BCUT2D eigenvalue weighted by Crippen LogP contribution is 2.40. The first-order valence-electron chi connectivity index (χ1n) is 5.85. The minimum absolute atomic E-state index is 0.511. The van der Waals surface area contributed by atoms with Crippen molar-refractivity contribution >= 4 is 0 Å². The lowest BCUT2D eigenvalue weighted by Gasteiger charge is -2.26. The van der Waals surface area contributed by atoms with Gasteiger partial charge < -0.3 is 0 Å². The van der Waals surface area contributed by atoms with Gasteiger partial charge in [0.1, 0.15) is 0 Å². The zero-order valence-electron chi connectivity index (χ0n) is 9.34. The highest BCUT2D eigenvalue weighted by molar-refractivity contribution is 5.01. The molecule has 0 N–H and O–H groups in total. The van der Waals surface area contributed by atoms with E-state index in [0.29, 0.717) is 5.41 Å². The van der Waals surface area contributed by atoms with E-state index < -0.39 is 0 Å². The Hall–Kier alpha value is -0.0400. The summed E-state index contributed by atoms with van der Waals surface area (Å²) in [7, 11) is 0. The van der Waals surface area contributed by atoms with Crippen LogP contribution in [0.2, 0.25) is 0 Å². The molecule has 1 nitrogen and oxygen atoms in total. The van der Waals surface area contributed by atoms with Crippen LogP contribution in [0, 0.1) is 5.41 Å². The Labute approximate surface area is 82.5 Å². The molecule has 0 aromatic rings. The second kappa shape index (κ2) is 3.27. The van der Waals surface area contributed by atoms with Crippen molar-refractivity contribution in [3.63, 3.8) is 0 Å². The second-order valence-electron chi connectivity index (χ2n) is 5.87. The largest absolute Gasteiger partial charge is 0.294 e. The Kier molecular flexibility index (Phi) is 2.39. The van der Waals surface area contributed by atoms with Gasteiger partial charge in [-0.25, -0.2) is 0 Å². The molecule has 1 saturated heterocycles. The zero-order valence-corrected chi connectivity index (χ0v) is 9.34. The molecule has 0 bridgehead atoms. The molecule has 0 spiro atoms. The monoisotopic (exact) mass is 181 g/mol. The maximum atomic E-state index is 2.74. The molecule has 2 aliphatic rings. The average Bonchev–Trinajstić information content (AvgIpc) is 2.83. The molecular weight excluding hydrogens is 158 g/mol. The van der Waals surface area contributed by atoms with E-state index in [2.05, 4.69) is 25.7 Å². The zero-order chi connectivity index (χ0) is 9.47. The molecule has 1 aliphatic heterocycles. The highest BCUT2D eigenvalue weighted by Gasteiger charge is 2.46. The van der Waals surface area contributed by atoms with E-state index in [9.17, 15) is 0 Å². The Morgan fingerprint density at radius 2 is 1.62 bits per heavy atom. The molecule has 0 radical (unpaired) electrons. The fourth-order valence-electron chi connectivity index (χ4n) is 2.74. The summed E-state index contributed by atoms with van der Waals surface area (Å²) in [5, 5.41) is 0. The van der Waals surface area contributed by atoms with Crippen LogP contribution in [0.3, 0.4) is 0 Å². The molecule has 0 aromatic heterocycles. The van der Waals surface area contributed by atoms with Crippen molar-refractivity contribution in [2.24, 2.45) is 5.41 Å². The fraction of sp³-hybridized carbons (Fsp3) is 1.00. The number of rotatable bonds is 1. The molecule has 2 unspecified atom stereocenters. The van der Waals surface area contributed by atoms with E-state index in [-0.39, 0.29) is 0 Å². The first-order chi connectivity index (χ1) is 6.09. The summed E-state index contributed by atoms with van der Waals surface area (Å²) in [6.07, 6.45) is 7.35. The summed E-state index contributed by atoms with van der Waals surface area (Å²) in [4.78, 5) is 2.74. The van der Waals surface area contributed by atoms with Gasteiger partial charge in [0.05, 0.1) is 0 Å². The quantitative estimate of drug-likeness (QED) is 0.562. The normalized spacial score (nSPS) is 36.2. The third kappa shape index (κ3) is 2.07. The van der Waals surface area contributed by atoms with E-state index in [0.717, 1.165) is 12.1 Å². The SMILES string of the molecule is CC(C)(C)C1CN1C1CCCCC1. The Balaban J connectivity index is 1.84. The lowest BCUT2D eigenvalue weighted by Crippen LogP contribution is -2.28. The van der Waals surface area contributed by atoms with Crippen molar-refractivity contribution in [3.05, 3.63) is 0 Å². The number of nitrogens with zero attached hydrogens (tertiary/aromatic N) is 1. The molecule has 1 heteroatoms. The summed E-state index contributed by atoms with van der Waals surface area (Å²) >= 11 is 0. The molecule has 2 rings (SSSR count). The number of hydrogen-bond acceptors (Lipinski definition) is 1. The van der Waals surface area contributed by atoms with E-state index in [1.54, 1.807) is 0 Å². The van der Waals surface area contributed by atoms with E-state index in [4.69, 9.17) is 0 Å². The Morgan fingerprint density at radius 1 is 1.00 bits per heavy atom. The molecule has 1 aliphatic carbocycles. The predicted molar refractivity (Wildman–Crippen MR) is 56.8 cm³/mol. The topological polar surface area (TPSA) is 3.01 Å². The van der Waals surface area contributed by atoms with Crippen molar-refractivity contribution in [3.8, 4) is 0 Å². The minimum Gasteiger partial charge on any atom is -0.294 e. The minimum atomic E-state index is 0.511. The fourth-order valence-corrected chi connectivity index (χ4v) is 2.74. The van der Waals surface area contributed by atoms with Crippen LogP contribution in [0.1, 0.15) is 52.9 Å². The molecule has 13 heavy (non-hydrogen) atoms. The summed E-state index contributed by atoms with van der Waals surface area (Å²) in [5.41, 5.74) is 0.511. The van der Waals surface area contributed by atoms with Crippen LogP contribution in [0.15, 0.2) is 0 Å². The van der Waals surface area contributed by atoms with Crippen molar-refractivity contribution in [2.45, 2.75) is 65.0 Å². The van der Waals surface area contributed by atoms with Gasteiger partial charge >= 0.3 is 0 Å². The van der Waals surface area contributed by atoms with Gasteiger partial charge in [0, 0.05) is 18.6 Å². The maximum absolute atomic E-state index is 2.74. The molecule has 2 atom stereocenters. The molecule has 2 fully saturated rings. The summed E-state index contributed by atoms with van der Waals surface area (Å²) in [6.45, 7) is 8.50. The average molecular weight is 181 g/mol. The van der Waals surface area contributed by atoms with Gasteiger partial charge in [-0.05, 0) is 18.3 Å². The first-order valence-corrected chi connectivity index (χ1v) is 5.85. The van der Waals surface area contributed by atoms with Gasteiger partial charge in [0.25, 0.3) is 0 Å². The van der Waals surface area contributed by atoms with Crippen LogP contribution in [0.5, 0.6) is 0 Å². The van der Waals surface area contributed by atoms with Gasteiger partial charge in [-0.3, -0.25) is 4.90 Å². The standard InChI is InChI=1S/C12H23N/c1-12(2,3)11-9-13(11)10-7-5-4-6-8-10/h10-11H,4-9H2,1-3H3. The smallest absolute Gasteiger partial charge is 0.0275 e. The van der Waals surface area contributed by atoms with Crippen molar-refractivity contribution in [1.82, 2.24) is 4.90 Å². The van der Waals surface area contributed by atoms with Crippen LogP contribution in [0.25, 0.3) is 0 Å². The summed E-state index contributed by atoms with van der Waals surface area (Å²) < 4.78 is 0. The van der Waals surface area contributed by atoms with Crippen molar-refractivity contribution in [2.75, 3.05) is 6.54 Å². The molecular formula is C12H23N. The van der Waals surface area contributed by atoms with Crippen LogP contribution in [-0.4, -0.2) is 23.5 Å². The van der Waals surface area contributed by atoms with Crippen LogP contribution in [-0.2, 0) is 0 Å². The lowest BCUT2D eigenvalue weighted by molar-refractivity contribution is 0.235. The van der Waals surface area contributed by atoms with Crippen molar-refractivity contribution < 1.29 is 0 Å². The van der Waals surface area contributed by atoms with E-state index in [1.165, 1.54) is 38.6 Å². The molecule has 0 aromatic carbocycles. The van der Waals surface area contributed by atoms with Crippen LogP contribution < -0.4 is 0 Å². The maximum Gasteiger partial charge on any atom is 0.0275 e. The molecule has 1 heterocycles. The van der Waals surface area contributed by atoms with Crippen LogP contribution in [0.4, 0.5) is 0 Å². The lowest BCUT2D eigenvalue weighted by atomic mass is 9.91. The summed E-state index contributed by atoms with van der Waals surface area (Å²) in [6, 6.07) is 1.83. The van der Waals surface area contributed by atoms with E-state index in [1.807, 2.05) is 0 Å². The van der Waals surface area contributed by atoms with Gasteiger partial charge in [-0.1, -0.05) is 40.0 Å². The Bertz CT molecular complexity index is 174.